The lowest BCUT2D eigenvalue weighted by molar-refractivity contribution is 0.0601. The minimum Gasteiger partial charge on any atom is -0.465 e. The molecule has 15 heavy (non-hydrogen) atoms. The summed E-state index contributed by atoms with van der Waals surface area (Å²) in [5.41, 5.74) is 7.73. The van der Waals surface area contributed by atoms with Crippen LogP contribution < -0.4 is 5.73 Å². The van der Waals surface area contributed by atoms with E-state index in [0.717, 1.165) is 0 Å². The summed E-state index contributed by atoms with van der Waals surface area (Å²) in [7, 11) is 3.04. The van der Waals surface area contributed by atoms with Crippen LogP contribution in [0.2, 0.25) is 0 Å². The van der Waals surface area contributed by atoms with Crippen LogP contribution in [0.3, 0.4) is 0 Å². The Kier molecular flexibility index (Phi) is 2.03. The second-order valence-corrected chi connectivity index (χ2v) is 3.08. The maximum Gasteiger partial charge on any atom is 0.341 e. The lowest BCUT2D eigenvalue weighted by Crippen LogP contribution is -2.08. The number of ether oxygens (including phenoxy) is 1. The minimum absolute atomic E-state index is 0.258. The van der Waals surface area contributed by atoms with Gasteiger partial charge in [0.25, 0.3) is 0 Å². The largest absolute Gasteiger partial charge is 0.465 e. The van der Waals surface area contributed by atoms with Crippen LogP contribution >= 0.6 is 0 Å². The van der Waals surface area contributed by atoms with Crippen molar-refractivity contribution in [3.63, 3.8) is 0 Å². The molecule has 2 rings (SSSR count). The number of anilines is 1. The molecule has 0 saturated carbocycles. The molecule has 78 valence electrons. The third-order valence-corrected chi connectivity index (χ3v) is 2.20. The fourth-order valence-electron chi connectivity index (χ4n) is 1.44. The standard InChI is InChI=1S/C9H10N4O2/c1-13-8-6(4-12-13)11-3-5(7(8)10)9(14)15-2/h3-4H,1-2H3,(H2,10,11). The SMILES string of the molecule is COC(=O)c1cnc2cnn(C)c2c1N. The molecular weight excluding hydrogens is 196 g/mol. The number of pyridine rings is 1. The van der Waals surface area contributed by atoms with E-state index in [4.69, 9.17) is 5.73 Å². The highest BCUT2D eigenvalue weighted by atomic mass is 16.5. The second-order valence-electron chi connectivity index (χ2n) is 3.08. The van der Waals surface area contributed by atoms with Gasteiger partial charge in [-0.15, -0.1) is 0 Å². The Morgan fingerprint density at radius 2 is 2.27 bits per heavy atom. The molecule has 2 heterocycles. The molecule has 0 aliphatic rings. The van der Waals surface area contributed by atoms with E-state index in [9.17, 15) is 4.79 Å². The number of aromatic nitrogens is 3. The number of hydrogen-bond donors (Lipinski definition) is 1. The first kappa shape index (κ1) is 9.45. The summed E-state index contributed by atoms with van der Waals surface area (Å²) >= 11 is 0. The highest BCUT2D eigenvalue weighted by molar-refractivity contribution is 6.02. The molecule has 0 aromatic carbocycles. The molecule has 6 heteroatoms. The van der Waals surface area contributed by atoms with Gasteiger partial charge in [0.15, 0.2) is 0 Å². The quantitative estimate of drug-likeness (QED) is 0.680. The van der Waals surface area contributed by atoms with Crippen molar-refractivity contribution in [1.29, 1.82) is 0 Å². The van der Waals surface area contributed by atoms with Crippen LogP contribution in [0.1, 0.15) is 10.4 Å². The Labute approximate surface area is 85.6 Å². The normalized spacial score (nSPS) is 10.5. The van der Waals surface area contributed by atoms with Crippen LogP contribution in [-0.2, 0) is 11.8 Å². The highest BCUT2D eigenvalue weighted by Gasteiger charge is 2.15. The van der Waals surface area contributed by atoms with Crippen LogP contribution in [0.4, 0.5) is 5.69 Å². The number of methoxy groups -OCH3 is 1. The van der Waals surface area contributed by atoms with Crippen LogP contribution in [0, 0.1) is 0 Å². The van der Waals surface area contributed by atoms with Crippen molar-refractivity contribution in [3.05, 3.63) is 18.0 Å². The molecule has 0 aliphatic carbocycles. The Bertz CT molecular complexity index is 532. The Morgan fingerprint density at radius 3 is 2.93 bits per heavy atom. The summed E-state index contributed by atoms with van der Waals surface area (Å²) in [6.45, 7) is 0. The lowest BCUT2D eigenvalue weighted by Gasteiger charge is -2.04. The van der Waals surface area contributed by atoms with E-state index < -0.39 is 5.97 Å². The van der Waals surface area contributed by atoms with Crippen molar-refractivity contribution in [1.82, 2.24) is 14.8 Å². The highest BCUT2D eigenvalue weighted by Crippen LogP contribution is 2.22. The number of nitrogens with two attached hydrogens (primary N) is 1. The van der Waals surface area contributed by atoms with Gasteiger partial charge in [-0.05, 0) is 0 Å². The average Bonchev–Trinajstić information content (AvgIpc) is 2.61. The molecule has 0 unspecified atom stereocenters. The number of carbonyl (C=O) groups excluding carboxylic acids is 1. The van der Waals surface area contributed by atoms with Crippen molar-refractivity contribution in [3.8, 4) is 0 Å². The van der Waals surface area contributed by atoms with Gasteiger partial charge >= 0.3 is 5.97 Å². The Hall–Kier alpha value is -2.11. The Balaban J connectivity index is 2.74. The van der Waals surface area contributed by atoms with Gasteiger partial charge in [-0.25, -0.2) is 4.79 Å². The number of aryl methyl sites for hydroxylation is 1. The van der Waals surface area contributed by atoms with E-state index in [1.54, 1.807) is 17.9 Å². The van der Waals surface area contributed by atoms with E-state index in [0.29, 0.717) is 16.7 Å². The van der Waals surface area contributed by atoms with Gasteiger partial charge in [0, 0.05) is 13.2 Å². The van der Waals surface area contributed by atoms with Gasteiger partial charge in [0.1, 0.15) is 16.6 Å². The molecule has 6 nitrogen and oxygen atoms in total. The number of carbonyl (C=O) groups is 1. The summed E-state index contributed by atoms with van der Waals surface area (Å²) in [5, 5.41) is 4.00. The molecule has 2 N–H and O–H groups in total. The fourth-order valence-corrected chi connectivity index (χ4v) is 1.44. The summed E-state index contributed by atoms with van der Waals surface area (Å²) in [5.74, 6) is -0.497. The molecule has 2 aromatic heterocycles. The summed E-state index contributed by atoms with van der Waals surface area (Å²) in [6.07, 6.45) is 2.98. The number of hydrogen-bond acceptors (Lipinski definition) is 5. The summed E-state index contributed by atoms with van der Waals surface area (Å²) in [4.78, 5) is 15.4. The minimum atomic E-state index is -0.497. The lowest BCUT2D eigenvalue weighted by atomic mass is 10.2. The predicted octanol–water partition coefficient (Wildman–Crippen LogP) is 0.337. The predicted molar refractivity (Wildman–Crippen MR) is 54.3 cm³/mol. The summed E-state index contributed by atoms with van der Waals surface area (Å²) < 4.78 is 6.17. The zero-order valence-electron chi connectivity index (χ0n) is 8.39. The first-order valence-electron chi connectivity index (χ1n) is 4.29. The summed E-state index contributed by atoms with van der Waals surface area (Å²) in [6, 6.07) is 0. The maximum absolute atomic E-state index is 11.3. The van der Waals surface area contributed by atoms with E-state index in [1.807, 2.05) is 0 Å². The van der Waals surface area contributed by atoms with Gasteiger partial charge in [0.2, 0.25) is 0 Å². The van der Waals surface area contributed by atoms with Crippen LogP contribution in [0.5, 0.6) is 0 Å². The first-order chi connectivity index (χ1) is 7.15. The van der Waals surface area contributed by atoms with Gasteiger partial charge < -0.3 is 10.5 Å². The van der Waals surface area contributed by atoms with E-state index in [-0.39, 0.29) is 5.56 Å². The third-order valence-electron chi connectivity index (χ3n) is 2.20. The number of rotatable bonds is 1. The second kappa shape index (κ2) is 3.23. The molecule has 0 saturated heterocycles. The van der Waals surface area contributed by atoms with Gasteiger partial charge in [-0.2, -0.15) is 5.10 Å². The van der Waals surface area contributed by atoms with E-state index in [2.05, 4.69) is 14.8 Å². The molecule has 0 radical (unpaired) electrons. The van der Waals surface area contributed by atoms with Crippen molar-refractivity contribution < 1.29 is 9.53 Å². The molecular formula is C9H10N4O2. The number of esters is 1. The molecule has 0 aliphatic heterocycles. The zero-order chi connectivity index (χ0) is 11.0. The number of fused-ring (bicyclic) bond motifs is 1. The average molecular weight is 206 g/mol. The third kappa shape index (κ3) is 1.30. The number of nitrogen functional groups attached to an aromatic ring is 1. The van der Waals surface area contributed by atoms with Crippen molar-refractivity contribution in [2.24, 2.45) is 7.05 Å². The van der Waals surface area contributed by atoms with E-state index in [1.165, 1.54) is 13.3 Å². The molecule has 0 bridgehead atoms. The van der Waals surface area contributed by atoms with Gasteiger partial charge in [0.05, 0.1) is 19.0 Å². The topological polar surface area (TPSA) is 83.0 Å². The maximum atomic E-state index is 11.3. The van der Waals surface area contributed by atoms with Gasteiger partial charge in [-0.3, -0.25) is 9.67 Å². The zero-order valence-corrected chi connectivity index (χ0v) is 8.39. The van der Waals surface area contributed by atoms with Crippen molar-refractivity contribution in [2.45, 2.75) is 0 Å². The monoisotopic (exact) mass is 206 g/mol. The van der Waals surface area contributed by atoms with Crippen molar-refractivity contribution in [2.75, 3.05) is 12.8 Å². The molecule has 0 amide bonds. The van der Waals surface area contributed by atoms with Crippen LogP contribution in [-0.4, -0.2) is 27.8 Å². The van der Waals surface area contributed by atoms with Crippen LogP contribution in [0.25, 0.3) is 11.0 Å². The van der Waals surface area contributed by atoms with Crippen LogP contribution in [0.15, 0.2) is 12.4 Å². The molecule has 0 spiro atoms. The first-order valence-corrected chi connectivity index (χ1v) is 4.29. The molecule has 2 aromatic rings. The smallest absolute Gasteiger partial charge is 0.341 e. The number of nitrogens with zero attached hydrogens (tertiary/aromatic N) is 3. The van der Waals surface area contributed by atoms with Crippen molar-refractivity contribution >= 4 is 22.7 Å². The molecule has 0 atom stereocenters. The van der Waals surface area contributed by atoms with E-state index >= 15 is 0 Å². The fraction of sp³-hybridized carbons (Fsp3) is 0.222. The van der Waals surface area contributed by atoms with Gasteiger partial charge in [-0.1, -0.05) is 0 Å². The Morgan fingerprint density at radius 1 is 1.53 bits per heavy atom. The molecule has 0 fully saturated rings.